The number of pyridine rings is 2. The Morgan fingerprint density at radius 3 is 2.28 bits per heavy atom. The summed E-state index contributed by atoms with van der Waals surface area (Å²) in [5.41, 5.74) is 2.11. The highest BCUT2D eigenvalue weighted by atomic mass is 16.5. The lowest BCUT2D eigenvalue weighted by atomic mass is 9.94. The van der Waals surface area contributed by atoms with Gasteiger partial charge in [-0.25, -0.2) is 0 Å². The molecular formula is C25H32N4O3. The van der Waals surface area contributed by atoms with E-state index in [4.69, 9.17) is 4.74 Å². The molecule has 1 atom stereocenters. The van der Waals surface area contributed by atoms with Crippen molar-refractivity contribution in [1.29, 1.82) is 0 Å². The van der Waals surface area contributed by atoms with Crippen LogP contribution in [-0.4, -0.2) is 63.4 Å². The smallest absolute Gasteiger partial charge is 0.242 e. The lowest BCUT2D eigenvalue weighted by Gasteiger charge is -2.34. The first kappa shape index (κ1) is 22.4. The van der Waals surface area contributed by atoms with Crippen LogP contribution in [0.3, 0.4) is 0 Å². The Bertz CT molecular complexity index is 871. The number of aromatic nitrogens is 2. The highest BCUT2D eigenvalue weighted by Gasteiger charge is 2.34. The summed E-state index contributed by atoms with van der Waals surface area (Å²) < 4.78 is 6.24. The Balaban J connectivity index is 1.44. The molecule has 0 unspecified atom stereocenters. The predicted octanol–water partition coefficient (Wildman–Crippen LogP) is 3.00. The van der Waals surface area contributed by atoms with E-state index in [9.17, 15) is 9.59 Å². The van der Waals surface area contributed by atoms with Gasteiger partial charge in [-0.15, -0.1) is 0 Å². The molecule has 2 aliphatic rings. The fourth-order valence-electron chi connectivity index (χ4n) is 4.64. The van der Waals surface area contributed by atoms with Crippen molar-refractivity contribution in [3.63, 3.8) is 0 Å². The van der Waals surface area contributed by atoms with Gasteiger partial charge in [0.25, 0.3) is 0 Å². The monoisotopic (exact) mass is 436 g/mol. The first-order chi connectivity index (χ1) is 15.7. The van der Waals surface area contributed by atoms with E-state index in [0.717, 1.165) is 36.8 Å². The van der Waals surface area contributed by atoms with Crippen molar-refractivity contribution >= 4 is 11.8 Å². The molecule has 1 saturated carbocycles. The van der Waals surface area contributed by atoms with E-state index in [0.29, 0.717) is 32.5 Å². The Kier molecular flexibility index (Phi) is 7.82. The van der Waals surface area contributed by atoms with Gasteiger partial charge in [0.1, 0.15) is 0 Å². The minimum Gasteiger partial charge on any atom is -0.370 e. The molecule has 7 nitrogen and oxygen atoms in total. The van der Waals surface area contributed by atoms with Crippen LogP contribution >= 0.6 is 0 Å². The average Bonchev–Trinajstić information content (AvgIpc) is 3.02. The van der Waals surface area contributed by atoms with Crippen molar-refractivity contribution in [2.24, 2.45) is 0 Å². The van der Waals surface area contributed by atoms with E-state index in [1.807, 2.05) is 29.2 Å². The van der Waals surface area contributed by atoms with Gasteiger partial charge in [0.15, 0.2) is 0 Å². The third kappa shape index (κ3) is 6.13. The lowest BCUT2D eigenvalue weighted by Crippen LogP contribution is -2.46. The van der Waals surface area contributed by atoms with Gasteiger partial charge in [-0.1, -0.05) is 19.3 Å². The Morgan fingerprint density at radius 2 is 1.59 bits per heavy atom. The van der Waals surface area contributed by atoms with Gasteiger partial charge in [0, 0.05) is 50.3 Å². The van der Waals surface area contributed by atoms with E-state index >= 15 is 0 Å². The molecule has 4 rings (SSSR count). The summed E-state index contributed by atoms with van der Waals surface area (Å²) in [6.07, 6.45) is 13.4. The maximum atomic E-state index is 13.2. The summed E-state index contributed by atoms with van der Waals surface area (Å²) in [5.74, 6) is 0.0438. The number of nitrogens with zero attached hydrogens (tertiary/aromatic N) is 4. The second-order valence-electron chi connectivity index (χ2n) is 8.76. The molecule has 2 amide bonds. The third-order valence-electron chi connectivity index (χ3n) is 6.45. The molecule has 7 heteroatoms. The third-order valence-corrected chi connectivity index (χ3v) is 6.45. The second-order valence-corrected chi connectivity index (χ2v) is 8.76. The Hall–Kier alpha value is -2.80. The van der Waals surface area contributed by atoms with Gasteiger partial charge in [0.2, 0.25) is 11.8 Å². The number of aryl methyl sites for hydroxylation is 1. The van der Waals surface area contributed by atoms with Gasteiger partial charge in [-0.2, -0.15) is 0 Å². The van der Waals surface area contributed by atoms with Crippen LogP contribution in [-0.2, 0) is 27.4 Å². The van der Waals surface area contributed by atoms with Gasteiger partial charge in [0.05, 0.1) is 19.3 Å². The first-order valence-corrected chi connectivity index (χ1v) is 11.7. The maximum Gasteiger partial charge on any atom is 0.242 e. The van der Waals surface area contributed by atoms with Gasteiger partial charge >= 0.3 is 0 Å². The van der Waals surface area contributed by atoms with Crippen LogP contribution < -0.4 is 0 Å². The fraction of sp³-hybridized carbons (Fsp3) is 0.520. The summed E-state index contributed by atoms with van der Waals surface area (Å²) in [4.78, 5) is 38.0. The van der Waals surface area contributed by atoms with E-state index in [2.05, 4.69) is 9.97 Å². The normalized spacial score (nSPS) is 20.2. The first-order valence-electron chi connectivity index (χ1n) is 11.7. The number of rotatable bonds is 7. The number of hydrogen-bond acceptors (Lipinski definition) is 5. The molecule has 0 N–H and O–H groups in total. The van der Waals surface area contributed by atoms with Gasteiger partial charge < -0.3 is 14.5 Å². The molecule has 0 bridgehead atoms. The van der Waals surface area contributed by atoms with Crippen LogP contribution in [0.15, 0.2) is 49.1 Å². The van der Waals surface area contributed by atoms with Crippen LogP contribution in [0.4, 0.5) is 0 Å². The van der Waals surface area contributed by atoms with Crippen molar-refractivity contribution in [2.45, 2.75) is 63.7 Å². The number of amides is 2. The molecule has 1 aliphatic heterocycles. The molecule has 2 aromatic heterocycles. The summed E-state index contributed by atoms with van der Waals surface area (Å²) in [6.45, 7) is 1.57. The summed E-state index contributed by atoms with van der Waals surface area (Å²) in [7, 11) is 0. The molecule has 2 aromatic rings. The zero-order chi connectivity index (χ0) is 22.2. The molecule has 1 saturated heterocycles. The summed E-state index contributed by atoms with van der Waals surface area (Å²) in [5, 5.41) is 0. The molecule has 170 valence electrons. The lowest BCUT2D eigenvalue weighted by molar-refractivity contribution is -0.140. The van der Waals surface area contributed by atoms with Crippen LogP contribution in [0.1, 0.15) is 49.7 Å². The molecule has 0 aromatic carbocycles. The van der Waals surface area contributed by atoms with Crippen LogP contribution in [0.5, 0.6) is 0 Å². The number of hydrogen-bond donors (Lipinski definition) is 0. The van der Waals surface area contributed by atoms with Crippen LogP contribution in [0.25, 0.3) is 0 Å². The molecule has 32 heavy (non-hydrogen) atoms. The SMILES string of the molecule is O=C(CCc1ccncc1)N1CC(=O)N(C2CCCCC2)C[C@H](OCc2ccncc2)C1. The molecular weight excluding hydrogens is 404 g/mol. The second kappa shape index (κ2) is 11.2. The molecule has 0 radical (unpaired) electrons. The average molecular weight is 437 g/mol. The molecule has 1 aliphatic carbocycles. The Morgan fingerprint density at radius 1 is 0.938 bits per heavy atom. The van der Waals surface area contributed by atoms with E-state index in [1.165, 1.54) is 6.42 Å². The van der Waals surface area contributed by atoms with Crippen molar-refractivity contribution in [3.8, 4) is 0 Å². The van der Waals surface area contributed by atoms with Crippen molar-refractivity contribution in [3.05, 3.63) is 60.2 Å². The predicted molar refractivity (Wildman–Crippen MR) is 121 cm³/mol. The highest BCUT2D eigenvalue weighted by Crippen LogP contribution is 2.25. The van der Waals surface area contributed by atoms with Crippen molar-refractivity contribution in [1.82, 2.24) is 19.8 Å². The van der Waals surface area contributed by atoms with Gasteiger partial charge in [-0.3, -0.25) is 19.6 Å². The zero-order valence-corrected chi connectivity index (χ0v) is 18.6. The summed E-state index contributed by atoms with van der Waals surface area (Å²) in [6, 6.07) is 7.96. The standard InChI is InChI=1S/C25H32N4O3/c30-24(7-6-20-8-12-26-13-9-20)28-16-23(32-19-21-10-14-27-15-11-21)17-29(25(31)18-28)22-4-2-1-3-5-22/h8-15,22-23H,1-7,16-19H2/t23-/m1/s1. The highest BCUT2D eigenvalue weighted by molar-refractivity contribution is 5.85. The topological polar surface area (TPSA) is 75.6 Å². The molecule has 3 heterocycles. The zero-order valence-electron chi connectivity index (χ0n) is 18.6. The van der Waals surface area contributed by atoms with E-state index in [1.54, 1.807) is 29.7 Å². The largest absolute Gasteiger partial charge is 0.370 e. The minimum atomic E-state index is -0.207. The maximum absolute atomic E-state index is 13.2. The molecule has 2 fully saturated rings. The van der Waals surface area contributed by atoms with E-state index < -0.39 is 0 Å². The number of carbonyl (C=O) groups is 2. The fourth-order valence-corrected chi connectivity index (χ4v) is 4.64. The van der Waals surface area contributed by atoms with Crippen molar-refractivity contribution < 1.29 is 14.3 Å². The van der Waals surface area contributed by atoms with Crippen LogP contribution in [0.2, 0.25) is 0 Å². The van der Waals surface area contributed by atoms with Crippen LogP contribution in [0, 0.1) is 0 Å². The Labute approximate surface area is 189 Å². The van der Waals surface area contributed by atoms with E-state index in [-0.39, 0.29) is 30.5 Å². The van der Waals surface area contributed by atoms with Gasteiger partial charge in [-0.05, 0) is 54.7 Å². The quantitative estimate of drug-likeness (QED) is 0.667. The molecule has 0 spiro atoms. The van der Waals surface area contributed by atoms with Crippen molar-refractivity contribution in [2.75, 3.05) is 19.6 Å². The number of ether oxygens (including phenoxy) is 1. The number of carbonyl (C=O) groups excluding carboxylic acids is 2. The minimum absolute atomic E-state index is 0.00170. The summed E-state index contributed by atoms with van der Waals surface area (Å²) >= 11 is 0.